The van der Waals surface area contributed by atoms with E-state index in [-0.39, 0.29) is 24.3 Å². The van der Waals surface area contributed by atoms with Gasteiger partial charge in [-0.2, -0.15) is 0 Å². The van der Waals surface area contributed by atoms with Crippen LogP contribution < -0.4 is 10.6 Å². The second-order valence-electron chi connectivity index (χ2n) is 4.39. The molecule has 0 saturated carbocycles. The van der Waals surface area contributed by atoms with Gasteiger partial charge in [0.25, 0.3) is 5.91 Å². The summed E-state index contributed by atoms with van der Waals surface area (Å²) in [6.07, 6.45) is 0.256. The molecule has 0 aliphatic carbocycles. The minimum atomic E-state index is -0.249. The number of benzene rings is 1. The molecule has 0 aliphatic rings. The molecule has 0 aromatic heterocycles. The highest BCUT2D eigenvalue weighted by molar-refractivity contribution is 9.10. The Labute approximate surface area is 126 Å². The van der Waals surface area contributed by atoms with Gasteiger partial charge in [0.05, 0.1) is 0 Å². The largest absolute Gasteiger partial charge is 0.354 e. The molecule has 6 heteroatoms. The fraction of sp³-hybridized carbons (Fsp3) is 0.385. The number of nitrogens with one attached hydrogen (secondary N) is 2. The maximum Gasteiger partial charge on any atom is 0.251 e. The van der Waals surface area contributed by atoms with Crippen molar-refractivity contribution in [2.24, 2.45) is 0 Å². The van der Waals surface area contributed by atoms with E-state index in [9.17, 15) is 9.59 Å². The minimum Gasteiger partial charge on any atom is -0.354 e. The van der Waals surface area contributed by atoms with E-state index in [0.29, 0.717) is 17.1 Å². The maximum absolute atomic E-state index is 11.8. The van der Waals surface area contributed by atoms with Gasteiger partial charge in [0, 0.05) is 34.1 Å². The van der Waals surface area contributed by atoms with Gasteiger partial charge >= 0.3 is 0 Å². The van der Waals surface area contributed by atoms with E-state index in [0.717, 1.165) is 4.47 Å². The van der Waals surface area contributed by atoms with E-state index in [1.54, 1.807) is 18.2 Å². The molecular weight excluding hydrogens is 332 g/mol. The molecular formula is C13H16BrClN2O2. The third-order valence-corrected chi connectivity index (χ3v) is 2.89. The first-order chi connectivity index (χ1) is 8.88. The molecule has 0 spiro atoms. The van der Waals surface area contributed by atoms with Crippen LogP contribution in [0.15, 0.2) is 22.7 Å². The van der Waals surface area contributed by atoms with Crippen LogP contribution >= 0.6 is 27.5 Å². The molecule has 0 saturated heterocycles. The second-order valence-corrected chi connectivity index (χ2v) is 5.74. The van der Waals surface area contributed by atoms with Crippen LogP contribution in [0.2, 0.25) is 5.02 Å². The third-order valence-electron chi connectivity index (χ3n) is 2.21. The Bertz CT molecular complexity index is 457. The lowest BCUT2D eigenvalue weighted by atomic mass is 10.2. The van der Waals surface area contributed by atoms with Gasteiger partial charge in [-0.05, 0) is 32.0 Å². The Morgan fingerprint density at radius 1 is 1.32 bits per heavy atom. The van der Waals surface area contributed by atoms with Crippen molar-refractivity contribution in [1.82, 2.24) is 10.6 Å². The summed E-state index contributed by atoms with van der Waals surface area (Å²) in [5, 5.41) is 5.92. The monoisotopic (exact) mass is 346 g/mol. The van der Waals surface area contributed by atoms with E-state index < -0.39 is 0 Å². The van der Waals surface area contributed by atoms with Gasteiger partial charge in [-0.3, -0.25) is 9.59 Å². The highest BCUT2D eigenvalue weighted by atomic mass is 79.9. The van der Waals surface area contributed by atoms with E-state index in [1.807, 2.05) is 13.8 Å². The molecule has 2 N–H and O–H groups in total. The van der Waals surface area contributed by atoms with Crippen LogP contribution in [-0.2, 0) is 4.79 Å². The molecule has 0 heterocycles. The number of hydrogen-bond donors (Lipinski definition) is 2. The van der Waals surface area contributed by atoms with Crippen LogP contribution in [0.4, 0.5) is 0 Å². The summed E-state index contributed by atoms with van der Waals surface area (Å²) < 4.78 is 0.739. The van der Waals surface area contributed by atoms with Crippen LogP contribution in [0, 0.1) is 0 Å². The lowest BCUT2D eigenvalue weighted by Gasteiger charge is -2.09. The second kappa shape index (κ2) is 7.50. The topological polar surface area (TPSA) is 58.2 Å². The number of halogens is 2. The Morgan fingerprint density at radius 3 is 2.58 bits per heavy atom. The standard InChI is InChI=1S/C13H16BrClN2O2/c1-8(2)17-12(18)3-4-16-13(19)9-5-10(14)7-11(15)6-9/h5-8H,3-4H2,1-2H3,(H,16,19)(H,17,18). The highest BCUT2D eigenvalue weighted by Crippen LogP contribution is 2.19. The van der Waals surface area contributed by atoms with Gasteiger partial charge in [-0.15, -0.1) is 0 Å². The molecule has 0 atom stereocenters. The van der Waals surface area contributed by atoms with Gasteiger partial charge in [0.2, 0.25) is 5.91 Å². The predicted molar refractivity (Wildman–Crippen MR) is 79.4 cm³/mol. The van der Waals surface area contributed by atoms with Gasteiger partial charge in [0.15, 0.2) is 0 Å². The molecule has 0 bridgehead atoms. The van der Waals surface area contributed by atoms with E-state index in [4.69, 9.17) is 11.6 Å². The quantitative estimate of drug-likeness (QED) is 0.860. The number of rotatable bonds is 5. The van der Waals surface area contributed by atoms with Gasteiger partial charge in [-0.1, -0.05) is 27.5 Å². The van der Waals surface area contributed by atoms with Crippen LogP contribution in [0.1, 0.15) is 30.6 Å². The maximum atomic E-state index is 11.8. The zero-order valence-electron chi connectivity index (χ0n) is 10.8. The molecule has 2 amide bonds. The molecule has 0 unspecified atom stereocenters. The van der Waals surface area contributed by atoms with E-state index in [1.165, 1.54) is 0 Å². The Kier molecular flexibility index (Phi) is 6.31. The Balaban J connectivity index is 2.45. The van der Waals surface area contributed by atoms with Gasteiger partial charge in [0.1, 0.15) is 0 Å². The average molecular weight is 348 g/mol. The van der Waals surface area contributed by atoms with Crippen molar-refractivity contribution in [3.05, 3.63) is 33.3 Å². The summed E-state index contributed by atoms with van der Waals surface area (Å²) in [6.45, 7) is 4.07. The molecule has 19 heavy (non-hydrogen) atoms. The molecule has 4 nitrogen and oxygen atoms in total. The summed E-state index contributed by atoms with van der Waals surface area (Å²) >= 11 is 9.13. The van der Waals surface area contributed by atoms with Crippen molar-refractivity contribution in [3.8, 4) is 0 Å². The van der Waals surface area contributed by atoms with Crippen LogP contribution in [0.5, 0.6) is 0 Å². The van der Waals surface area contributed by atoms with Crippen molar-refractivity contribution in [2.45, 2.75) is 26.3 Å². The number of amides is 2. The number of hydrogen-bond acceptors (Lipinski definition) is 2. The predicted octanol–water partition coefficient (Wildman–Crippen LogP) is 2.75. The molecule has 1 aromatic rings. The molecule has 0 fully saturated rings. The molecule has 0 radical (unpaired) electrons. The zero-order valence-corrected chi connectivity index (χ0v) is 13.1. The van der Waals surface area contributed by atoms with Gasteiger partial charge < -0.3 is 10.6 Å². The molecule has 1 aromatic carbocycles. The van der Waals surface area contributed by atoms with Crippen LogP contribution in [-0.4, -0.2) is 24.4 Å². The minimum absolute atomic E-state index is 0.0809. The Morgan fingerprint density at radius 2 is 2.00 bits per heavy atom. The third kappa shape index (κ3) is 6.07. The first kappa shape index (κ1) is 16.0. The lowest BCUT2D eigenvalue weighted by molar-refractivity contribution is -0.121. The van der Waals surface area contributed by atoms with Crippen molar-refractivity contribution in [1.29, 1.82) is 0 Å². The summed E-state index contributed by atoms with van der Waals surface area (Å²) in [6, 6.07) is 5.06. The van der Waals surface area contributed by atoms with Crippen molar-refractivity contribution in [2.75, 3.05) is 6.54 Å². The normalized spacial score (nSPS) is 10.4. The highest BCUT2D eigenvalue weighted by Gasteiger charge is 2.08. The summed E-state index contributed by atoms with van der Waals surface area (Å²) in [7, 11) is 0. The molecule has 104 valence electrons. The first-order valence-corrected chi connectivity index (χ1v) is 7.09. The van der Waals surface area contributed by atoms with Crippen molar-refractivity contribution >= 4 is 39.3 Å². The summed E-state index contributed by atoms with van der Waals surface area (Å²) in [5.41, 5.74) is 0.462. The van der Waals surface area contributed by atoms with Crippen molar-refractivity contribution in [3.63, 3.8) is 0 Å². The van der Waals surface area contributed by atoms with Crippen LogP contribution in [0.3, 0.4) is 0 Å². The van der Waals surface area contributed by atoms with Crippen LogP contribution in [0.25, 0.3) is 0 Å². The summed E-state index contributed by atoms with van der Waals surface area (Å²) in [5.74, 6) is -0.330. The SMILES string of the molecule is CC(C)NC(=O)CCNC(=O)c1cc(Cl)cc(Br)c1. The van der Waals surface area contributed by atoms with E-state index in [2.05, 4.69) is 26.6 Å². The lowest BCUT2D eigenvalue weighted by Crippen LogP contribution is -2.34. The average Bonchev–Trinajstić information content (AvgIpc) is 2.26. The zero-order chi connectivity index (χ0) is 14.4. The smallest absolute Gasteiger partial charge is 0.251 e. The first-order valence-electron chi connectivity index (χ1n) is 5.92. The van der Waals surface area contributed by atoms with Gasteiger partial charge in [-0.25, -0.2) is 0 Å². The van der Waals surface area contributed by atoms with E-state index >= 15 is 0 Å². The fourth-order valence-electron chi connectivity index (χ4n) is 1.47. The fourth-order valence-corrected chi connectivity index (χ4v) is 2.33. The Hall–Kier alpha value is -1.07. The number of carbonyl (C=O) groups is 2. The molecule has 1 rings (SSSR count). The number of carbonyl (C=O) groups excluding carboxylic acids is 2. The summed E-state index contributed by atoms with van der Waals surface area (Å²) in [4.78, 5) is 23.2. The molecule has 0 aliphatic heterocycles. The van der Waals surface area contributed by atoms with Crippen molar-refractivity contribution < 1.29 is 9.59 Å².